The normalized spacial score (nSPS) is 14.1. The lowest BCUT2D eigenvalue weighted by Crippen LogP contribution is -2.25. The molecule has 0 aliphatic rings. The number of carbonyl (C=O) groups is 1. The lowest BCUT2D eigenvalue weighted by Gasteiger charge is -2.12. The van der Waals surface area contributed by atoms with Gasteiger partial charge in [0.2, 0.25) is 0 Å². The van der Waals surface area contributed by atoms with Crippen LogP contribution in [0, 0.1) is 0 Å². The Morgan fingerprint density at radius 1 is 1.22 bits per heavy atom. The van der Waals surface area contributed by atoms with Gasteiger partial charge in [0, 0.05) is 5.56 Å². The highest BCUT2D eigenvalue weighted by Crippen LogP contribution is 2.21. The number of Topliss-reactive ketones (excluding diaryl/α,β-unsaturated/α-hetero) is 1. The van der Waals surface area contributed by atoms with Gasteiger partial charge in [0.1, 0.15) is 5.25 Å². The summed E-state index contributed by atoms with van der Waals surface area (Å²) in [5.74, 6) is -0.0372. The average molecular weight is 278 g/mol. The maximum Gasteiger partial charge on any atom is 0.178 e. The lowest BCUT2D eigenvalue weighted by atomic mass is 10.1. The van der Waals surface area contributed by atoms with Crippen LogP contribution in [0.15, 0.2) is 52.1 Å². The first-order chi connectivity index (χ1) is 8.74. The molecular weight excluding hydrogens is 264 g/mol. The van der Waals surface area contributed by atoms with Gasteiger partial charge in [0.25, 0.3) is 0 Å². The summed E-state index contributed by atoms with van der Waals surface area (Å²) in [5.41, 5.74) is 0.634. The number of hydrogen-bond acceptors (Lipinski definition) is 3. The summed E-state index contributed by atoms with van der Waals surface area (Å²) in [6.45, 7) is 1.90. The van der Waals surface area contributed by atoms with Gasteiger partial charge in [-0.25, -0.2) is 0 Å². The largest absolute Gasteiger partial charge is 0.293 e. The Balaban J connectivity index is 2.24. The smallest absolute Gasteiger partial charge is 0.178 e. The number of thiophene rings is 1. The topological polar surface area (TPSA) is 34.1 Å². The zero-order chi connectivity index (χ0) is 13.0. The fourth-order valence-corrected chi connectivity index (χ4v) is 4.21. The molecule has 2 nitrogen and oxygen atoms in total. The Hall–Kier alpha value is -1.26. The first kappa shape index (κ1) is 13.2. The predicted molar refractivity (Wildman–Crippen MR) is 75.6 cm³/mol. The fraction of sp³-hybridized carbons (Fsp3) is 0.214. The van der Waals surface area contributed by atoms with E-state index < -0.39 is 16.0 Å². The summed E-state index contributed by atoms with van der Waals surface area (Å²) >= 11 is 1.43. The minimum atomic E-state index is -1.25. The highest BCUT2D eigenvalue weighted by molar-refractivity contribution is 7.88. The van der Waals surface area contributed by atoms with Crippen molar-refractivity contribution in [2.45, 2.75) is 22.8 Å². The Morgan fingerprint density at radius 2 is 1.94 bits per heavy atom. The molecule has 2 rings (SSSR count). The molecule has 1 heterocycles. The summed E-state index contributed by atoms with van der Waals surface area (Å²) in [4.78, 5) is 12.3. The monoisotopic (exact) mass is 278 g/mol. The Morgan fingerprint density at radius 3 is 2.50 bits per heavy atom. The van der Waals surface area contributed by atoms with Crippen LogP contribution in [0.3, 0.4) is 0 Å². The molecule has 2 atom stereocenters. The molecule has 0 aliphatic carbocycles. The Labute approximate surface area is 113 Å². The molecule has 4 heteroatoms. The third kappa shape index (κ3) is 2.76. The average Bonchev–Trinajstić information content (AvgIpc) is 2.94. The predicted octanol–water partition coefficient (Wildman–Crippen LogP) is 3.52. The minimum Gasteiger partial charge on any atom is -0.293 e. The van der Waals surface area contributed by atoms with Crippen molar-refractivity contribution in [1.82, 2.24) is 0 Å². The van der Waals surface area contributed by atoms with Gasteiger partial charge in [-0.2, -0.15) is 0 Å². The number of ketones is 1. The van der Waals surface area contributed by atoms with Gasteiger partial charge in [-0.15, -0.1) is 11.3 Å². The number of carbonyl (C=O) groups excluding carboxylic acids is 1. The molecule has 1 aromatic carbocycles. The van der Waals surface area contributed by atoms with Gasteiger partial charge < -0.3 is 0 Å². The van der Waals surface area contributed by atoms with E-state index in [2.05, 4.69) is 0 Å². The van der Waals surface area contributed by atoms with Gasteiger partial charge in [-0.1, -0.05) is 43.3 Å². The molecule has 0 aliphatic heterocycles. The van der Waals surface area contributed by atoms with Crippen molar-refractivity contribution >= 4 is 27.9 Å². The first-order valence-electron chi connectivity index (χ1n) is 5.77. The zero-order valence-corrected chi connectivity index (χ0v) is 11.7. The van der Waals surface area contributed by atoms with Gasteiger partial charge in [0.15, 0.2) is 5.78 Å². The third-order valence-corrected chi connectivity index (χ3v) is 5.71. The number of rotatable bonds is 5. The molecule has 0 radical (unpaired) electrons. The molecule has 0 fully saturated rings. The molecule has 2 aromatic rings. The van der Waals surface area contributed by atoms with Crippen molar-refractivity contribution in [2.24, 2.45) is 0 Å². The maximum absolute atomic E-state index is 12.4. The molecule has 1 aromatic heterocycles. The van der Waals surface area contributed by atoms with Crippen LogP contribution in [0.4, 0.5) is 0 Å². The molecular formula is C14H14O2S2. The zero-order valence-electron chi connectivity index (χ0n) is 10.0. The number of hydrogen-bond donors (Lipinski definition) is 0. The second-order valence-corrected chi connectivity index (χ2v) is 6.67. The van der Waals surface area contributed by atoms with Crippen LogP contribution in [0.1, 0.15) is 23.7 Å². The minimum absolute atomic E-state index is 0.0372. The molecule has 0 saturated carbocycles. The van der Waals surface area contributed by atoms with E-state index >= 15 is 0 Å². The molecule has 0 amide bonds. The van der Waals surface area contributed by atoms with E-state index in [0.717, 1.165) is 4.21 Å². The molecule has 0 spiro atoms. The van der Waals surface area contributed by atoms with Gasteiger partial charge in [-0.05, 0) is 17.9 Å². The van der Waals surface area contributed by atoms with E-state index in [1.165, 1.54) is 11.3 Å². The first-order valence-corrected chi connectivity index (χ1v) is 7.86. The molecule has 0 bridgehead atoms. The molecule has 18 heavy (non-hydrogen) atoms. The summed E-state index contributed by atoms with van der Waals surface area (Å²) < 4.78 is 13.1. The SMILES string of the molecule is CCC(C(=O)c1ccccc1)S(=O)c1cccs1. The Kier molecular flexibility index (Phi) is 4.44. The van der Waals surface area contributed by atoms with Crippen LogP contribution in [-0.2, 0) is 10.8 Å². The highest BCUT2D eigenvalue weighted by Gasteiger charge is 2.25. The third-order valence-electron chi connectivity index (χ3n) is 2.67. The van der Waals surface area contributed by atoms with Crippen molar-refractivity contribution in [3.63, 3.8) is 0 Å². The molecule has 94 valence electrons. The molecule has 2 unspecified atom stereocenters. The second kappa shape index (κ2) is 6.07. The van der Waals surface area contributed by atoms with Gasteiger partial charge >= 0.3 is 0 Å². The highest BCUT2D eigenvalue weighted by atomic mass is 32.2. The van der Waals surface area contributed by atoms with Crippen molar-refractivity contribution in [1.29, 1.82) is 0 Å². The van der Waals surface area contributed by atoms with Crippen molar-refractivity contribution in [2.75, 3.05) is 0 Å². The van der Waals surface area contributed by atoms with Crippen LogP contribution < -0.4 is 0 Å². The maximum atomic E-state index is 12.4. The fourth-order valence-electron chi connectivity index (χ4n) is 1.74. The van der Waals surface area contributed by atoms with Gasteiger partial charge in [-0.3, -0.25) is 9.00 Å². The van der Waals surface area contributed by atoms with E-state index in [4.69, 9.17) is 0 Å². The van der Waals surface area contributed by atoms with E-state index in [-0.39, 0.29) is 5.78 Å². The van der Waals surface area contributed by atoms with Crippen molar-refractivity contribution in [3.8, 4) is 0 Å². The Bertz CT molecular complexity index is 532. The van der Waals surface area contributed by atoms with Crippen LogP contribution in [-0.4, -0.2) is 15.2 Å². The van der Waals surface area contributed by atoms with E-state index in [0.29, 0.717) is 12.0 Å². The van der Waals surface area contributed by atoms with Crippen LogP contribution >= 0.6 is 11.3 Å². The van der Waals surface area contributed by atoms with Crippen LogP contribution in [0.25, 0.3) is 0 Å². The van der Waals surface area contributed by atoms with Gasteiger partial charge in [0.05, 0.1) is 15.0 Å². The molecule has 0 N–H and O–H groups in total. The summed E-state index contributed by atoms with van der Waals surface area (Å²) in [6.07, 6.45) is 0.582. The standard InChI is InChI=1S/C14H14O2S2/c1-2-12(18(16)13-9-6-10-17-13)14(15)11-7-4-3-5-8-11/h3-10,12H,2H2,1H3. The van der Waals surface area contributed by atoms with Crippen LogP contribution in [0.2, 0.25) is 0 Å². The lowest BCUT2D eigenvalue weighted by molar-refractivity contribution is 0.0987. The number of benzene rings is 1. The van der Waals surface area contributed by atoms with E-state index in [9.17, 15) is 9.00 Å². The summed E-state index contributed by atoms with van der Waals surface area (Å²) in [5, 5.41) is 1.43. The summed E-state index contributed by atoms with van der Waals surface area (Å²) in [7, 11) is -1.25. The summed E-state index contributed by atoms with van der Waals surface area (Å²) in [6, 6.07) is 12.8. The van der Waals surface area contributed by atoms with Crippen molar-refractivity contribution in [3.05, 3.63) is 53.4 Å². The van der Waals surface area contributed by atoms with Crippen molar-refractivity contribution < 1.29 is 9.00 Å². The molecule has 0 saturated heterocycles. The van der Waals surface area contributed by atoms with E-state index in [1.54, 1.807) is 12.1 Å². The second-order valence-electron chi connectivity index (χ2n) is 3.86. The quantitative estimate of drug-likeness (QED) is 0.784. The van der Waals surface area contributed by atoms with E-state index in [1.807, 2.05) is 42.6 Å². The van der Waals surface area contributed by atoms with Crippen LogP contribution in [0.5, 0.6) is 0 Å².